The number of allylic oxidation sites excluding steroid dienone is 1. The van der Waals surface area contributed by atoms with E-state index >= 15 is 0 Å². The van der Waals surface area contributed by atoms with Gasteiger partial charge in [-0.3, -0.25) is 14.9 Å². The molecule has 2 heterocycles. The number of hydrogen-bond acceptors (Lipinski definition) is 4. The van der Waals surface area contributed by atoms with Crippen LogP contribution in [0.15, 0.2) is 17.7 Å². The number of aromatic amines is 1. The van der Waals surface area contributed by atoms with E-state index in [9.17, 15) is 5.11 Å². The Morgan fingerprint density at radius 1 is 1.43 bits per heavy atom. The quantitative estimate of drug-likeness (QED) is 0.757. The number of aromatic nitrogens is 2. The van der Waals surface area contributed by atoms with Crippen LogP contribution < -0.4 is 0 Å². The molecule has 5 nitrogen and oxygen atoms in total. The van der Waals surface area contributed by atoms with Gasteiger partial charge in [0.05, 0.1) is 5.69 Å². The minimum atomic E-state index is 0.255. The molecule has 1 atom stereocenters. The van der Waals surface area contributed by atoms with E-state index in [4.69, 9.17) is 0 Å². The molecule has 2 rings (SSSR count). The second-order valence-electron chi connectivity index (χ2n) is 7.15. The lowest BCUT2D eigenvalue weighted by atomic mass is 10.1. The zero-order chi connectivity index (χ0) is 16.8. The molecule has 1 aromatic heterocycles. The van der Waals surface area contributed by atoms with E-state index in [1.54, 1.807) is 0 Å². The molecule has 2 N–H and O–H groups in total. The molecule has 1 saturated heterocycles. The van der Waals surface area contributed by atoms with Gasteiger partial charge >= 0.3 is 0 Å². The summed E-state index contributed by atoms with van der Waals surface area (Å²) in [6.45, 7) is 13.9. The number of nitrogens with zero attached hydrogens (tertiary/aromatic N) is 3. The second-order valence-corrected chi connectivity index (χ2v) is 7.15. The Labute approximate surface area is 140 Å². The Bertz CT molecular complexity index is 505. The zero-order valence-corrected chi connectivity index (χ0v) is 15.0. The largest absolute Gasteiger partial charge is 0.396 e. The predicted octanol–water partition coefficient (Wildman–Crippen LogP) is 2.37. The summed E-state index contributed by atoms with van der Waals surface area (Å²) in [6, 6.07) is 2.61. The molecule has 1 fully saturated rings. The topological polar surface area (TPSA) is 55.4 Å². The average molecular weight is 320 g/mol. The van der Waals surface area contributed by atoms with Crippen LogP contribution in [0, 0.1) is 0 Å². The van der Waals surface area contributed by atoms with Crippen molar-refractivity contribution in [1.29, 1.82) is 0 Å². The molecule has 0 spiro atoms. The smallest absolute Gasteiger partial charge is 0.0650 e. The van der Waals surface area contributed by atoms with Crippen LogP contribution >= 0.6 is 0 Å². The minimum Gasteiger partial charge on any atom is -0.396 e. The third kappa shape index (κ3) is 5.44. The highest BCUT2D eigenvalue weighted by Crippen LogP contribution is 2.17. The Balaban J connectivity index is 1.93. The Kier molecular flexibility index (Phi) is 6.81. The van der Waals surface area contributed by atoms with Crippen molar-refractivity contribution in [1.82, 2.24) is 20.0 Å². The maximum absolute atomic E-state index is 9.38. The fraction of sp³-hybridized carbons (Fsp3) is 0.722. The highest BCUT2D eigenvalue weighted by atomic mass is 16.3. The first-order valence-corrected chi connectivity index (χ1v) is 8.74. The van der Waals surface area contributed by atoms with Crippen molar-refractivity contribution < 1.29 is 5.11 Å². The van der Waals surface area contributed by atoms with Crippen molar-refractivity contribution in [2.75, 3.05) is 32.8 Å². The van der Waals surface area contributed by atoms with Crippen LogP contribution in [0.2, 0.25) is 0 Å². The molecule has 0 aromatic carbocycles. The number of rotatable bonds is 7. The summed E-state index contributed by atoms with van der Waals surface area (Å²) in [5.41, 5.74) is 3.68. The van der Waals surface area contributed by atoms with E-state index in [1.807, 2.05) is 0 Å². The van der Waals surface area contributed by atoms with E-state index in [1.165, 1.54) is 11.3 Å². The standard InChI is InChI=1S/C18H32N4O/c1-14(2)5-7-22-9-8-21(13-17(22)6-10-23)12-16-11-18(15(3)4)20-19-16/h5,11,15,17,23H,6-10,12-13H2,1-4H3,(H,19,20). The number of aliphatic hydroxyl groups is 1. The molecule has 0 bridgehead atoms. The van der Waals surface area contributed by atoms with Crippen LogP contribution in [0.4, 0.5) is 0 Å². The molecule has 1 aliphatic heterocycles. The lowest BCUT2D eigenvalue weighted by Crippen LogP contribution is -2.53. The molecule has 23 heavy (non-hydrogen) atoms. The van der Waals surface area contributed by atoms with Crippen molar-refractivity contribution in [2.24, 2.45) is 0 Å². The fourth-order valence-electron chi connectivity index (χ4n) is 3.06. The fourth-order valence-corrected chi connectivity index (χ4v) is 3.06. The van der Waals surface area contributed by atoms with Gasteiger partial charge < -0.3 is 5.11 Å². The first kappa shape index (κ1) is 18.2. The number of aliphatic hydroxyl groups excluding tert-OH is 1. The van der Waals surface area contributed by atoms with Crippen molar-refractivity contribution in [3.05, 3.63) is 29.1 Å². The van der Waals surface area contributed by atoms with Gasteiger partial charge in [0.25, 0.3) is 0 Å². The van der Waals surface area contributed by atoms with Gasteiger partial charge in [0.2, 0.25) is 0 Å². The number of H-pyrrole nitrogens is 1. The predicted molar refractivity (Wildman–Crippen MR) is 94.4 cm³/mol. The average Bonchev–Trinajstić information content (AvgIpc) is 2.95. The SMILES string of the molecule is CC(C)=CCN1CCN(Cc2cc(C(C)C)n[nH]2)CC1CCO. The molecule has 130 valence electrons. The van der Waals surface area contributed by atoms with Gasteiger partial charge in [-0.25, -0.2) is 0 Å². The highest BCUT2D eigenvalue weighted by molar-refractivity contribution is 5.12. The zero-order valence-electron chi connectivity index (χ0n) is 15.0. The summed E-state index contributed by atoms with van der Waals surface area (Å²) in [7, 11) is 0. The van der Waals surface area contributed by atoms with Gasteiger partial charge in [0.1, 0.15) is 0 Å². The van der Waals surface area contributed by atoms with E-state index in [2.05, 4.69) is 59.8 Å². The Morgan fingerprint density at radius 2 is 2.22 bits per heavy atom. The van der Waals surface area contributed by atoms with E-state index in [-0.39, 0.29) is 6.61 Å². The summed E-state index contributed by atoms with van der Waals surface area (Å²) >= 11 is 0. The summed E-state index contributed by atoms with van der Waals surface area (Å²) in [5.74, 6) is 0.461. The van der Waals surface area contributed by atoms with Crippen LogP contribution in [0.25, 0.3) is 0 Å². The van der Waals surface area contributed by atoms with Gasteiger partial charge in [-0.15, -0.1) is 0 Å². The normalized spacial score (nSPS) is 20.2. The summed E-state index contributed by atoms with van der Waals surface area (Å²) in [4.78, 5) is 4.96. The van der Waals surface area contributed by atoms with E-state index in [0.717, 1.165) is 44.8 Å². The highest BCUT2D eigenvalue weighted by Gasteiger charge is 2.26. The number of hydrogen-bond donors (Lipinski definition) is 2. The lowest BCUT2D eigenvalue weighted by molar-refractivity contribution is 0.0630. The van der Waals surface area contributed by atoms with Crippen LogP contribution in [0.3, 0.4) is 0 Å². The van der Waals surface area contributed by atoms with Gasteiger partial charge in [-0.2, -0.15) is 5.10 Å². The van der Waals surface area contributed by atoms with Crippen LogP contribution in [-0.4, -0.2) is 63.9 Å². The van der Waals surface area contributed by atoms with Crippen LogP contribution in [-0.2, 0) is 6.54 Å². The Morgan fingerprint density at radius 3 is 2.83 bits per heavy atom. The summed E-state index contributed by atoms with van der Waals surface area (Å²) in [6.07, 6.45) is 3.12. The Hall–Kier alpha value is -1.17. The molecule has 0 saturated carbocycles. The molecular formula is C18H32N4O. The monoisotopic (exact) mass is 320 g/mol. The van der Waals surface area contributed by atoms with Crippen molar-refractivity contribution in [3.8, 4) is 0 Å². The maximum atomic E-state index is 9.38. The molecule has 1 unspecified atom stereocenters. The van der Waals surface area contributed by atoms with Gasteiger partial charge in [-0.1, -0.05) is 25.5 Å². The summed E-state index contributed by atoms with van der Waals surface area (Å²) in [5, 5.41) is 16.9. The van der Waals surface area contributed by atoms with Crippen LogP contribution in [0.5, 0.6) is 0 Å². The molecular weight excluding hydrogens is 288 g/mol. The molecule has 0 aliphatic carbocycles. The maximum Gasteiger partial charge on any atom is 0.0650 e. The summed E-state index contributed by atoms with van der Waals surface area (Å²) < 4.78 is 0. The molecule has 1 aliphatic rings. The molecule has 0 radical (unpaired) electrons. The number of nitrogens with one attached hydrogen (secondary N) is 1. The second kappa shape index (κ2) is 8.62. The molecule has 0 amide bonds. The first-order chi connectivity index (χ1) is 11.0. The van der Waals surface area contributed by atoms with E-state index < -0.39 is 0 Å². The minimum absolute atomic E-state index is 0.255. The lowest BCUT2D eigenvalue weighted by Gasteiger charge is -2.41. The third-order valence-corrected chi connectivity index (χ3v) is 4.52. The van der Waals surface area contributed by atoms with Crippen molar-refractivity contribution in [2.45, 2.75) is 52.6 Å². The number of piperazine rings is 1. The third-order valence-electron chi connectivity index (χ3n) is 4.52. The van der Waals surface area contributed by atoms with Crippen molar-refractivity contribution >= 4 is 0 Å². The van der Waals surface area contributed by atoms with Gasteiger partial charge in [0.15, 0.2) is 0 Å². The van der Waals surface area contributed by atoms with Crippen molar-refractivity contribution in [3.63, 3.8) is 0 Å². The van der Waals surface area contributed by atoms with Crippen LogP contribution in [0.1, 0.15) is 51.4 Å². The van der Waals surface area contributed by atoms with Gasteiger partial charge in [0, 0.05) is 51.1 Å². The molecule has 1 aromatic rings. The van der Waals surface area contributed by atoms with Gasteiger partial charge in [-0.05, 0) is 32.3 Å². The first-order valence-electron chi connectivity index (χ1n) is 8.74. The van der Waals surface area contributed by atoms with E-state index in [0.29, 0.717) is 12.0 Å². The molecule has 5 heteroatoms.